The van der Waals surface area contributed by atoms with Gasteiger partial charge in [0.1, 0.15) is 5.58 Å². The average Bonchev–Trinajstić information content (AvgIpc) is 3.44. The number of hydrogen-bond acceptors (Lipinski definition) is 9. The largest absolute Gasteiger partial charge is 0.464 e. The van der Waals surface area contributed by atoms with Gasteiger partial charge in [-0.1, -0.05) is 24.3 Å². The van der Waals surface area contributed by atoms with Gasteiger partial charge in [0.2, 0.25) is 6.29 Å². The highest BCUT2D eigenvalue weighted by Gasteiger charge is 2.41. The Balaban J connectivity index is 1.24. The number of aliphatic hydroxyl groups excluding tert-OH is 1. The predicted molar refractivity (Wildman–Crippen MR) is 174 cm³/mol. The number of fused-ring (bicyclic) bond motifs is 2. The molecule has 2 aromatic carbocycles. The Hall–Kier alpha value is -4.23. The molecule has 0 aliphatic carbocycles. The third-order valence-corrected chi connectivity index (χ3v) is 8.94. The fourth-order valence-electron chi connectivity index (χ4n) is 6.64. The van der Waals surface area contributed by atoms with E-state index in [1.807, 2.05) is 37.3 Å². The van der Waals surface area contributed by atoms with Gasteiger partial charge in [0.05, 0.1) is 49.1 Å². The first kappa shape index (κ1) is 32.7. The van der Waals surface area contributed by atoms with Crippen LogP contribution in [0.1, 0.15) is 43.7 Å². The summed E-state index contributed by atoms with van der Waals surface area (Å²) in [4.78, 5) is 45.2. The molecule has 0 unspecified atom stereocenters. The highest BCUT2D eigenvalue weighted by atomic mass is 16.7. The average molecular weight is 648 g/mol. The second kappa shape index (κ2) is 15.1. The van der Waals surface area contributed by atoms with E-state index in [0.717, 1.165) is 11.0 Å². The molecule has 2 aliphatic rings. The second-order valence-corrected chi connectivity index (χ2v) is 11.8. The van der Waals surface area contributed by atoms with E-state index in [4.69, 9.17) is 28.5 Å². The zero-order valence-corrected chi connectivity index (χ0v) is 26.5. The van der Waals surface area contributed by atoms with Crippen LogP contribution in [0, 0.1) is 5.92 Å². The number of para-hydroxylation sites is 3. The van der Waals surface area contributed by atoms with Crippen LogP contribution < -0.4 is 11.1 Å². The van der Waals surface area contributed by atoms with Crippen LogP contribution in [-0.4, -0.2) is 84.5 Å². The normalized spacial score (nSPS) is 20.4. The van der Waals surface area contributed by atoms with Crippen molar-refractivity contribution in [1.29, 1.82) is 0 Å². The first-order valence-corrected chi connectivity index (χ1v) is 16.3. The third kappa shape index (κ3) is 7.05. The topological polar surface area (TPSA) is 145 Å². The molecule has 1 amide bonds. The van der Waals surface area contributed by atoms with Crippen molar-refractivity contribution < 1.29 is 33.3 Å². The molecule has 2 aromatic heterocycles. The van der Waals surface area contributed by atoms with E-state index in [-0.39, 0.29) is 48.0 Å². The molecular formula is C35H41N3O9. The standard InChI is InChI=1S/C35H41N3O9/c1-2-45-34-24(13-17-43-19-20-44-18-16-39)26(27-22-46-30-10-6-3-7-25(30)32(27)40)21-31(47-34)33(41)37-14-11-23(12-15-37)38-29-9-5-4-8-28(29)36-35(38)42/h3-10,21-24,26,34,39H,2,11-20H2,1H3,(H,36,42)/t24-,26-,34+/m1/s1. The number of imidazole rings is 1. The Labute approximate surface area is 271 Å². The van der Waals surface area contributed by atoms with Crippen molar-refractivity contribution in [2.24, 2.45) is 5.92 Å². The maximum Gasteiger partial charge on any atom is 0.326 e. The van der Waals surface area contributed by atoms with Gasteiger partial charge >= 0.3 is 5.69 Å². The lowest BCUT2D eigenvalue weighted by Gasteiger charge is -2.38. The Morgan fingerprint density at radius 3 is 2.53 bits per heavy atom. The number of carbonyl (C=O) groups excluding carboxylic acids is 1. The number of carbonyl (C=O) groups is 1. The highest BCUT2D eigenvalue weighted by molar-refractivity contribution is 5.92. The van der Waals surface area contributed by atoms with Crippen LogP contribution in [0.15, 0.2) is 80.6 Å². The Kier molecular flexibility index (Phi) is 10.5. The number of aromatic nitrogens is 2. The van der Waals surface area contributed by atoms with Crippen molar-refractivity contribution in [2.75, 3.05) is 52.7 Å². The van der Waals surface area contributed by atoms with Gasteiger partial charge in [-0.2, -0.15) is 0 Å². The number of hydrogen-bond donors (Lipinski definition) is 2. The summed E-state index contributed by atoms with van der Waals surface area (Å²) in [6.07, 6.45) is 4.08. The molecule has 250 valence electrons. The van der Waals surface area contributed by atoms with Crippen molar-refractivity contribution in [2.45, 2.75) is 44.4 Å². The first-order chi connectivity index (χ1) is 23.0. The monoisotopic (exact) mass is 647 g/mol. The van der Waals surface area contributed by atoms with Crippen LogP contribution in [-0.2, 0) is 23.7 Å². The fourth-order valence-corrected chi connectivity index (χ4v) is 6.64. The number of allylic oxidation sites excluding steroid dienone is 1. The fraction of sp³-hybridized carbons (Fsp3) is 0.457. The molecule has 4 aromatic rings. The lowest BCUT2D eigenvalue weighted by molar-refractivity contribution is -0.172. The van der Waals surface area contributed by atoms with Crippen molar-refractivity contribution in [1.82, 2.24) is 14.5 Å². The van der Waals surface area contributed by atoms with E-state index in [0.29, 0.717) is 75.3 Å². The summed E-state index contributed by atoms with van der Waals surface area (Å²) in [6, 6.07) is 14.6. The van der Waals surface area contributed by atoms with Crippen LogP contribution in [0.4, 0.5) is 0 Å². The van der Waals surface area contributed by atoms with Crippen molar-refractivity contribution in [3.8, 4) is 0 Å². The van der Waals surface area contributed by atoms with Crippen LogP contribution in [0.3, 0.4) is 0 Å². The molecule has 0 radical (unpaired) electrons. The smallest absolute Gasteiger partial charge is 0.326 e. The van der Waals surface area contributed by atoms with E-state index < -0.39 is 12.2 Å². The number of aliphatic hydroxyl groups is 1. The molecule has 47 heavy (non-hydrogen) atoms. The molecule has 4 heterocycles. The van der Waals surface area contributed by atoms with E-state index >= 15 is 0 Å². The maximum atomic E-state index is 14.0. The first-order valence-electron chi connectivity index (χ1n) is 16.3. The SMILES string of the molecule is CCO[C@H]1OC(C(=O)N2CCC(n3c(=O)[nH]c4ccccc43)CC2)=C[C@@H](c2coc3ccccc3c2=O)[C@H]1CCOCCOCCO. The summed E-state index contributed by atoms with van der Waals surface area (Å²) in [5.41, 5.74) is 2.21. The number of likely N-dealkylation sites (tertiary alicyclic amines) is 1. The number of ether oxygens (including phenoxy) is 4. The minimum Gasteiger partial charge on any atom is -0.464 e. The number of amides is 1. The summed E-state index contributed by atoms with van der Waals surface area (Å²) in [5.74, 6) is -1.06. The number of H-pyrrole nitrogens is 1. The van der Waals surface area contributed by atoms with E-state index in [2.05, 4.69) is 4.98 Å². The quantitative estimate of drug-likeness (QED) is 0.208. The zero-order valence-electron chi connectivity index (χ0n) is 26.5. The summed E-state index contributed by atoms with van der Waals surface area (Å²) in [7, 11) is 0. The van der Waals surface area contributed by atoms with Crippen LogP contribution in [0.25, 0.3) is 22.0 Å². The van der Waals surface area contributed by atoms with E-state index in [9.17, 15) is 14.4 Å². The third-order valence-electron chi connectivity index (χ3n) is 8.94. The van der Waals surface area contributed by atoms with Crippen molar-refractivity contribution >= 4 is 27.9 Å². The molecule has 0 saturated carbocycles. The molecule has 3 atom stereocenters. The van der Waals surface area contributed by atoms with Gasteiger partial charge in [0.25, 0.3) is 5.91 Å². The van der Waals surface area contributed by atoms with Crippen LogP contribution >= 0.6 is 0 Å². The van der Waals surface area contributed by atoms with Crippen molar-refractivity contribution in [3.63, 3.8) is 0 Å². The van der Waals surface area contributed by atoms with E-state index in [1.54, 1.807) is 33.7 Å². The molecule has 1 saturated heterocycles. The molecular weight excluding hydrogens is 606 g/mol. The molecule has 2 aliphatic heterocycles. The zero-order chi connectivity index (χ0) is 32.8. The van der Waals surface area contributed by atoms with Gasteiger partial charge in [0.15, 0.2) is 11.2 Å². The lowest BCUT2D eigenvalue weighted by Crippen LogP contribution is -2.44. The summed E-state index contributed by atoms with van der Waals surface area (Å²) in [6.45, 7) is 4.28. The van der Waals surface area contributed by atoms with Crippen LogP contribution in [0.5, 0.6) is 0 Å². The minimum atomic E-state index is -0.809. The molecule has 0 bridgehead atoms. The van der Waals surface area contributed by atoms with Gasteiger partial charge < -0.3 is 38.4 Å². The predicted octanol–water partition coefficient (Wildman–Crippen LogP) is 3.69. The number of nitrogens with one attached hydrogen (secondary N) is 1. The van der Waals surface area contributed by atoms with Gasteiger partial charge in [-0.3, -0.25) is 14.2 Å². The molecule has 12 nitrogen and oxygen atoms in total. The minimum absolute atomic E-state index is 0.0477. The number of nitrogens with zero attached hydrogens (tertiary/aromatic N) is 2. The number of benzene rings is 2. The van der Waals surface area contributed by atoms with Crippen molar-refractivity contribution in [3.05, 3.63) is 92.9 Å². The Morgan fingerprint density at radius 1 is 1.00 bits per heavy atom. The van der Waals surface area contributed by atoms with Gasteiger partial charge in [0, 0.05) is 49.7 Å². The van der Waals surface area contributed by atoms with Gasteiger partial charge in [-0.05, 0) is 56.5 Å². The van der Waals surface area contributed by atoms with Gasteiger partial charge in [-0.15, -0.1) is 0 Å². The lowest BCUT2D eigenvalue weighted by atomic mass is 9.81. The molecule has 1 fully saturated rings. The summed E-state index contributed by atoms with van der Waals surface area (Å²) >= 11 is 0. The molecule has 12 heteroatoms. The highest BCUT2D eigenvalue weighted by Crippen LogP contribution is 2.39. The molecule has 6 rings (SSSR count). The Bertz CT molecular complexity index is 1820. The maximum absolute atomic E-state index is 14.0. The number of rotatable bonds is 13. The van der Waals surface area contributed by atoms with E-state index in [1.165, 1.54) is 6.26 Å². The second-order valence-electron chi connectivity index (χ2n) is 11.8. The number of aromatic amines is 1. The van der Waals surface area contributed by atoms with Gasteiger partial charge in [-0.25, -0.2) is 4.79 Å². The number of piperidine rings is 1. The summed E-state index contributed by atoms with van der Waals surface area (Å²) < 4.78 is 31.1. The molecule has 2 N–H and O–H groups in total. The summed E-state index contributed by atoms with van der Waals surface area (Å²) in [5, 5.41) is 9.37. The molecule has 0 spiro atoms. The van der Waals surface area contributed by atoms with Crippen LogP contribution in [0.2, 0.25) is 0 Å². The Morgan fingerprint density at radius 2 is 1.74 bits per heavy atom.